The van der Waals surface area contributed by atoms with Crippen molar-refractivity contribution < 1.29 is 9.32 Å². The first-order valence-electron chi connectivity index (χ1n) is 6.54. The molecule has 0 unspecified atom stereocenters. The highest BCUT2D eigenvalue weighted by Gasteiger charge is 2.12. The number of carbonyl (C=O) groups is 1. The van der Waals surface area contributed by atoms with Crippen molar-refractivity contribution in [2.24, 2.45) is 0 Å². The molecule has 0 bridgehead atoms. The number of hydrogen-bond acceptors (Lipinski definition) is 5. The molecule has 0 radical (unpaired) electrons. The minimum atomic E-state index is -0.146. The molecule has 0 aliphatic heterocycles. The Balaban J connectivity index is 1.70. The number of aromatic nitrogens is 3. The predicted molar refractivity (Wildman–Crippen MR) is 87.3 cm³/mol. The summed E-state index contributed by atoms with van der Waals surface area (Å²) in [4.78, 5) is 12.7. The minimum Gasteiger partial charge on any atom is -0.361 e. The van der Waals surface area contributed by atoms with Gasteiger partial charge in [0.1, 0.15) is 5.76 Å². The third-order valence-corrected chi connectivity index (χ3v) is 4.81. The van der Waals surface area contributed by atoms with E-state index in [0.29, 0.717) is 17.1 Å². The number of aryl methyl sites for hydroxylation is 2. The number of anilines is 1. The largest absolute Gasteiger partial charge is 0.361 e. The molecule has 0 aromatic carbocycles. The minimum absolute atomic E-state index is 0.146. The Hall–Kier alpha value is -1.93. The first-order valence-corrected chi connectivity index (χ1v) is 8.15. The van der Waals surface area contributed by atoms with Crippen LogP contribution in [0.5, 0.6) is 0 Å². The van der Waals surface area contributed by atoms with Crippen LogP contribution in [0.15, 0.2) is 32.8 Å². The van der Waals surface area contributed by atoms with Crippen molar-refractivity contribution in [3.63, 3.8) is 0 Å². The molecule has 114 valence electrons. The van der Waals surface area contributed by atoms with Gasteiger partial charge in [0.05, 0.1) is 32.8 Å². The summed E-state index contributed by atoms with van der Waals surface area (Å²) in [6, 6.07) is 3.62. The molecule has 3 heterocycles. The number of carbonyl (C=O) groups excluding carboxylic acids is 1. The summed E-state index contributed by atoms with van der Waals surface area (Å²) in [6.07, 6.45) is 3.41. The lowest BCUT2D eigenvalue weighted by atomic mass is 10.2. The Kier molecular flexibility index (Phi) is 4.12. The van der Waals surface area contributed by atoms with E-state index in [9.17, 15) is 4.79 Å². The average molecular weight is 381 g/mol. The summed E-state index contributed by atoms with van der Waals surface area (Å²) < 4.78 is 7.80. The third kappa shape index (κ3) is 3.12. The van der Waals surface area contributed by atoms with Gasteiger partial charge in [0.2, 0.25) is 0 Å². The number of nitrogens with one attached hydrogen (secondary N) is 1. The second kappa shape index (κ2) is 6.05. The van der Waals surface area contributed by atoms with E-state index in [-0.39, 0.29) is 5.91 Å². The van der Waals surface area contributed by atoms with E-state index >= 15 is 0 Å². The number of amides is 1. The van der Waals surface area contributed by atoms with Crippen molar-refractivity contribution in [3.8, 4) is 0 Å². The SMILES string of the molecule is Cc1noc(C)c1Cn1cc(NC(=O)c2ccc(Br)s2)cn1. The lowest BCUT2D eigenvalue weighted by Crippen LogP contribution is -2.09. The van der Waals surface area contributed by atoms with E-state index in [2.05, 4.69) is 31.5 Å². The van der Waals surface area contributed by atoms with Crippen molar-refractivity contribution in [1.82, 2.24) is 14.9 Å². The summed E-state index contributed by atoms with van der Waals surface area (Å²) in [5, 5.41) is 11.0. The molecular formula is C14H13BrN4O2S. The Morgan fingerprint density at radius 1 is 1.45 bits per heavy atom. The van der Waals surface area contributed by atoms with E-state index in [1.807, 2.05) is 19.9 Å². The third-order valence-electron chi connectivity index (χ3n) is 3.19. The molecule has 0 aliphatic carbocycles. The van der Waals surface area contributed by atoms with Crippen LogP contribution in [-0.4, -0.2) is 20.8 Å². The molecule has 3 aromatic heterocycles. The van der Waals surface area contributed by atoms with Crippen LogP contribution in [0.25, 0.3) is 0 Å². The van der Waals surface area contributed by atoms with Crippen LogP contribution in [0.2, 0.25) is 0 Å². The number of thiophene rings is 1. The van der Waals surface area contributed by atoms with E-state index in [1.54, 1.807) is 23.1 Å². The second-order valence-electron chi connectivity index (χ2n) is 4.79. The van der Waals surface area contributed by atoms with Crippen molar-refractivity contribution in [1.29, 1.82) is 0 Å². The van der Waals surface area contributed by atoms with Gasteiger partial charge in [0, 0.05) is 11.8 Å². The molecule has 3 rings (SSSR count). The van der Waals surface area contributed by atoms with Gasteiger partial charge in [-0.2, -0.15) is 5.10 Å². The van der Waals surface area contributed by atoms with Gasteiger partial charge in [-0.1, -0.05) is 5.16 Å². The highest BCUT2D eigenvalue weighted by Crippen LogP contribution is 2.23. The summed E-state index contributed by atoms with van der Waals surface area (Å²) in [6.45, 7) is 4.32. The van der Waals surface area contributed by atoms with Crippen molar-refractivity contribution >= 4 is 38.9 Å². The Morgan fingerprint density at radius 2 is 2.27 bits per heavy atom. The highest BCUT2D eigenvalue weighted by molar-refractivity contribution is 9.11. The first kappa shape index (κ1) is 15.0. The number of hydrogen-bond donors (Lipinski definition) is 1. The maximum atomic E-state index is 12.1. The number of halogens is 1. The van der Waals surface area contributed by atoms with Crippen LogP contribution in [0, 0.1) is 13.8 Å². The lowest BCUT2D eigenvalue weighted by molar-refractivity contribution is 0.103. The molecule has 0 aliphatic rings. The van der Waals surface area contributed by atoms with Gasteiger partial charge >= 0.3 is 0 Å². The van der Waals surface area contributed by atoms with Crippen LogP contribution >= 0.6 is 27.3 Å². The topological polar surface area (TPSA) is 73.0 Å². The molecule has 0 saturated carbocycles. The highest BCUT2D eigenvalue weighted by atomic mass is 79.9. The van der Waals surface area contributed by atoms with Gasteiger partial charge in [-0.05, 0) is 41.9 Å². The first-order chi connectivity index (χ1) is 10.5. The van der Waals surface area contributed by atoms with Gasteiger partial charge in [-0.3, -0.25) is 9.48 Å². The molecule has 6 nitrogen and oxygen atoms in total. The van der Waals surface area contributed by atoms with E-state index < -0.39 is 0 Å². The standard InChI is InChI=1S/C14H13BrN4O2S/c1-8-11(9(2)21-18-8)7-19-6-10(5-16-19)17-14(20)12-3-4-13(15)22-12/h3-6H,7H2,1-2H3,(H,17,20). The summed E-state index contributed by atoms with van der Waals surface area (Å²) in [7, 11) is 0. The maximum Gasteiger partial charge on any atom is 0.265 e. The summed E-state index contributed by atoms with van der Waals surface area (Å²) >= 11 is 4.73. The Labute approximate surface area is 139 Å². The quantitative estimate of drug-likeness (QED) is 0.749. The average Bonchev–Trinajstić information content (AvgIpc) is 3.17. The van der Waals surface area contributed by atoms with Crippen molar-refractivity contribution in [2.45, 2.75) is 20.4 Å². The van der Waals surface area contributed by atoms with E-state index in [4.69, 9.17) is 4.52 Å². The number of rotatable bonds is 4. The molecule has 22 heavy (non-hydrogen) atoms. The Morgan fingerprint density at radius 3 is 2.91 bits per heavy atom. The molecule has 1 N–H and O–H groups in total. The zero-order valence-electron chi connectivity index (χ0n) is 12.0. The van der Waals surface area contributed by atoms with Crippen LogP contribution < -0.4 is 5.32 Å². The van der Waals surface area contributed by atoms with E-state index in [0.717, 1.165) is 20.8 Å². The van der Waals surface area contributed by atoms with Crippen LogP contribution in [0.1, 0.15) is 26.7 Å². The molecule has 0 atom stereocenters. The zero-order chi connectivity index (χ0) is 15.7. The molecule has 3 aromatic rings. The zero-order valence-corrected chi connectivity index (χ0v) is 14.4. The molecule has 0 saturated heterocycles. The van der Waals surface area contributed by atoms with Crippen LogP contribution in [0.3, 0.4) is 0 Å². The maximum absolute atomic E-state index is 12.1. The van der Waals surface area contributed by atoms with Gasteiger partial charge in [0.25, 0.3) is 5.91 Å². The summed E-state index contributed by atoms with van der Waals surface area (Å²) in [5.41, 5.74) is 2.51. The fourth-order valence-corrected chi connectivity index (χ4v) is 3.31. The fourth-order valence-electron chi connectivity index (χ4n) is 2.03. The predicted octanol–water partition coefficient (Wildman–Crippen LogP) is 3.61. The fraction of sp³-hybridized carbons (Fsp3) is 0.214. The summed E-state index contributed by atoms with van der Waals surface area (Å²) in [5.74, 6) is 0.634. The van der Waals surface area contributed by atoms with E-state index in [1.165, 1.54) is 11.3 Å². The van der Waals surface area contributed by atoms with Crippen LogP contribution in [0.4, 0.5) is 5.69 Å². The molecule has 0 fully saturated rings. The smallest absolute Gasteiger partial charge is 0.265 e. The van der Waals surface area contributed by atoms with Crippen molar-refractivity contribution in [3.05, 3.63) is 50.2 Å². The van der Waals surface area contributed by atoms with Gasteiger partial charge in [-0.25, -0.2) is 0 Å². The second-order valence-corrected chi connectivity index (χ2v) is 7.25. The van der Waals surface area contributed by atoms with Crippen LogP contribution in [-0.2, 0) is 6.54 Å². The molecule has 0 spiro atoms. The molecular weight excluding hydrogens is 368 g/mol. The van der Waals surface area contributed by atoms with Gasteiger partial charge in [-0.15, -0.1) is 11.3 Å². The molecule has 8 heteroatoms. The number of nitrogens with zero attached hydrogens (tertiary/aromatic N) is 3. The normalized spacial score (nSPS) is 10.9. The van der Waals surface area contributed by atoms with Crippen molar-refractivity contribution in [2.75, 3.05) is 5.32 Å². The Bertz CT molecular complexity index is 801. The lowest BCUT2D eigenvalue weighted by Gasteiger charge is -2.01. The van der Waals surface area contributed by atoms with Gasteiger partial charge in [0.15, 0.2) is 0 Å². The monoisotopic (exact) mass is 380 g/mol. The molecule has 1 amide bonds. The van der Waals surface area contributed by atoms with Gasteiger partial charge < -0.3 is 9.84 Å².